The van der Waals surface area contributed by atoms with Gasteiger partial charge in [-0.05, 0) is 43.9 Å². The van der Waals surface area contributed by atoms with Gasteiger partial charge in [0.2, 0.25) is 0 Å². The van der Waals surface area contributed by atoms with E-state index in [-0.39, 0.29) is 5.75 Å². The molecule has 1 aliphatic rings. The Kier molecular flexibility index (Phi) is 1.64. The Balaban J connectivity index is 2.57. The van der Waals surface area contributed by atoms with E-state index in [9.17, 15) is 10.2 Å². The Morgan fingerprint density at radius 1 is 1.23 bits per heavy atom. The van der Waals surface area contributed by atoms with Gasteiger partial charge in [-0.3, -0.25) is 0 Å². The highest BCUT2D eigenvalue weighted by molar-refractivity contribution is 5.47. The van der Waals surface area contributed by atoms with Crippen molar-refractivity contribution < 1.29 is 10.2 Å². The minimum absolute atomic E-state index is 0.234. The average Bonchev–Trinajstić information content (AvgIpc) is 2.65. The summed E-state index contributed by atoms with van der Waals surface area (Å²) < 4.78 is 0. The number of aromatic hydroxyl groups is 1. The quantitative estimate of drug-likeness (QED) is 0.690. The van der Waals surface area contributed by atoms with E-state index in [1.54, 1.807) is 6.07 Å². The summed E-state index contributed by atoms with van der Waals surface area (Å²) in [4.78, 5) is 0. The standard InChI is InChI=1S/C11H14O2/c1-7-5-8(2)10(9(12)6-7)11(13)3-4-11/h5-6,12-13H,3-4H2,1-2H3. The van der Waals surface area contributed by atoms with Crippen LogP contribution in [0.25, 0.3) is 0 Å². The first kappa shape index (κ1) is 8.57. The zero-order valence-corrected chi connectivity index (χ0v) is 7.96. The maximum Gasteiger partial charge on any atom is 0.122 e. The minimum atomic E-state index is -0.734. The molecule has 0 bridgehead atoms. The predicted molar refractivity (Wildman–Crippen MR) is 50.7 cm³/mol. The number of aliphatic hydroxyl groups is 1. The smallest absolute Gasteiger partial charge is 0.122 e. The maximum atomic E-state index is 9.89. The molecule has 1 fully saturated rings. The van der Waals surface area contributed by atoms with Crippen molar-refractivity contribution in [1.82, 2.24) is 0 Å². The molecule has 0 amide bonds. The lowest BCUT2D eigenvalue weighted by molar-refractivity contribution is 0.147. The number of rotatable bonds is 1. The van der Waals surface area contributed by atoms with Crippen LogP contribution in [0.3, 0.4) is 0 Å². The summed E-state index contributed by atoms with van der Waals surface area (Å²) >= 11 is 0. The molecule has 0 radical (unpaired) electrons. The number of phenols is 1. The van der Waals surface area contributed by atoms with Gasteiger partial charge < -0.3 is 10.2 Å². The average molecular weight is 178 g/mol. The molecule has 2 heteroatoms. The van der Waals surface area contributed by atoms with Gasteiger partial charge in [0, 0.05) is 5.56 Å². The number of phenolic OH excluding ortho intramolecular Hbond substituents is 1. The lowest BCUT2D eigenvalue weighted by Crippen LogP contribution is -2.07. The van der Waals surface area contributed by atoms with Crippen molar-refractivity contribution in [3.05, 3.63) is 28.8 Å². The van der Waals surface area contributed by atoms with E-state index in [4.69, 9.17) is 0 Å². The van der Waals surface area contributed by atoms with Crippen molar-refractivity contribution in [2.45, 2.75) is 32.3 Å². The van der Waals surface area contributed by atoms with Crippen molar-refractivity contribution >= 4 is 0 Å². The molecule has 0 unspecified atom stereocenters. The third-order valence-corrected chi connectivity index (χ3v) is 2.65. The molecule has 2 nitrogen and oxygen atoms in total. The van der Waals surface area contributed by atoms with E-state index in [1.807, 2.05) is 19.9 Å². The first-order valence-corrected chi connectivity index (χ1v) is 4.56. The molecular weight excluding hydrogens is 164 g/mol. The Labute approximate surface area is 77.8 Å². The molecule has 2 N–H and O–H groups in total. The van der Waals surface area contributed by atoms with Gasteiger partial charge in [0.05, 0.1) is 5.60 Å². The van der Waals surface area contributed by atoms with Gasteiger partial charge in [0.25, 0.3) is 0 Å². The van der Waals surface area contributed by atoms with Crippen molar-refractivity contribution in [2.24, 2.45) is 0 Å². The fourth-order valence-corrected chi connectivity index (χ4v) is 1.92. The molecule has 1 aromatic rings. The van der Waals surface area contributed by atoms with Crippen LogP contribution < -0.4 is 0 Å². The van der Waals surface area contributed by atoms with Gasteiger partial charge >= 0.3 is 0 Å². The topological polar surface area (TPSA) is 40.5 Å². The van der Waals surface area contributed by atoms with Gasteiger partial charge in [-0.2, -0.15) is 0 Å². The lowest BCUT2D eigenvalue weighted by Gasteiger charge is -2.14. The van der Waals surface area contributed by atoms with E-state index >= 15 is 0 Å². The van der Waals surface area contributed by atoms with Crippen LogP contribution >= 0.6 is 0 Å². The molecule has 1 aliphatic carbocycles. The van der Waals surface area contributed by atoms with Crippen molar-refractivity contribution in [3.8, 4) is 5.75 Å². The van der Waals surface area contributed by atoms with Crippen molar-refractivity contribution in [2.75, 3.05) is 0 Å². The minimum Gasteiger partial charge on any atom is -0.508 e. The van der Waals surface area contributed by atoms with Crippen LogP contribution in [0.1, 0.15) is 29.5 Å². The monoisotopic (exact) mass is 178 g/mol. The summed E-state index contributed by atoms with van der Waals surface area (Å²) in [5.41, 5.74) is 2.00. The highest BCUT2D eigenvalue weighted by atomic mass is 16.3. The molecule has 0 aliphatic heterocycles. The number of benzene rings is 1. The molecule has 0 atom stereocenters. The molecule has 0 spiro atoms. The molecule has 1 saturated carbocycles. The second-order valence-corrected chi connectivity index (χ2v) is 4.01. The number of hydrogen-bond donors (Lipinski definition) is 2. The molecule has 1 aromatic carbocycles. The maximum absolute atomic E-state index is 9.89. The molecular formula is C11H14O2. The van der Waals surface area contributed by atoms with Crippen molar-refractivity contribution in [3.63, 3.8) is 0 Å². The summed E-state index contributed by atoms with van der Waals surface area (Å²) in [6, 6.07) is 3.70. The fourth-order valence-electron chi connectivity index (χ4n) is 1.92. The van der Waals surface area contributed by atoms with E-state index in [2.05, 4.69) is 0 Å². The van der Waals surface area contributed by atoms with Crippen LogP contribution in [0.15, 0.2) is 12.1 Å². The van der Waals surface area contributed by atoms with Crippen LogP contribution in [0, 0.1) is 13.8 Å². The summed E-state index contributed by atoms with van der Waals surface area (Å²) in [6.45, 7) is 3.87. The van der Waals surface area contributed by atoms with Crippen LogP contribution in [-0.2, 0) is 5.60 Å². The summed E-state index contributed by atoms with van der Waals surface area (Å²) in [6.07, 6.45) is 1.54. The molecule has 70 valence electrons. The zero-order chi connectivity index (χ0) is 9.64. The first-order chi connectivity index (χ1) is 6.03. The van der Waals surface area contributed by atoms with Crippen LogP contribution in [-0.4, -0.2) is 10.2 Å². The molecule has 0 saturated heterocycles. The molecule has 0 heterocycles. The molecule has 0 aromatic heterocycles. The van der Waals surface area contributed by atoms with Gasteiger partial charge in [-0.25, -0.2) is 0 Å². The fraction of sp³-hybridized carbons (Fsp3) is 0.455. The predicted octanol–water partition coefficient (Wildman–Crippen LogP) is 1.99. The summed E-state index contributed by atoms with van der Waals surface area (Å²) in [5.74, 6) is 0.234. The molecule has 2 rings (SSSR count). The van der Waals surface area contributed by atoms with Gasteiger partial charge in [0.1, 0.15) is 5.75 Å². The largest absolute Gasteiger partial charge is 0.508 e. The van der Waals surface area contributed by atoms with E-state index in [0.29, 0.717) is 0 Å². The van der Waals surface area contributed by atoms with E-state index < -0.39 is 5.60 Å². The lowest BCUT2D eigenvalue weighted by atomic mass is 9.98. The van der Waals surface area contributed by atoms with Gasteiger partial charge in [-0.15, -0.1) is 0 Å². The normalized spacial score (nSPS) is 18.7. The highest BCUT2D eigenvalue weighted by Crippen LogP contribution is 2.49. The van der Waals surface area contributed by atoms with Gasteiger partial charge in [-0.1, -0.05) is 6.07 Å². The van der Waals surface area contributed by atoms with E-state index in [0.717, 1.165) is 29.5 Å². The Morgan fingerprint density at radius 2 is 1.85 bits per heavy atom. The second kappa shape index (κ2) is 2.48. The zero-order valence-electron chi connectivity index (χ0n) is 7.96. The third-order valence-electron chi connectivity index (χ3n) is 2.65. The third kappa shape index (κ3) is 1.31. The van der Waals surface area contributed by atoms with Crippen LogP contribution in [0.2, 0.25) is 0 Å². The van der Waals surface area contributed by atoms with Crippen molar-refractivity contribution in [1.29, 1.82) is 0 Å². The Morgan fingerprint density at radius 3 is 2.31 bits per heavy atom. The van der Waals surface area contributed by atoms with E-state index in [1.165, 1.54) is 0 Å². The van der Waals surface area contributed by atoms with Gasteiger partial charge in [0.15, 0.2) is 0 Å². The SMILES string of the molecule is Cc1cc(C)c(C2(O)CC2)c(O)c1. The first-order valence-electron chi connectivity index (χ1n) is 4.56. The number of hydrogen-bond acceptors (Lipinski definition) is 2. The summed E-state index contributed by atoms with van der Waals surface area (Å²) in [5, 5.41) is 19.6. The van der Waals surface area contributed by atoms with Crippen LogP contribution in [0.5, 0.6) is 5.75 Å². The second-order valence-electron chi connectivity index (χ2n) is 4.01. The number of aryl methyl sites for hydroxylation is 2. The van der Waals surface area contributed by atoms with Crippen LogP contribution in [0.4, 0.5) is 0 Å². The Hall–Kier alpha value is -1.02. The Bertz CT molecular complexity index is 328. The highest BCUT2D eigenvalue weighted by Gasteiger charge is 2.44. The summed E-state index contributed by atoms with van der Waals surface area (Å²) in [7, 11) is 0. The molecule has 13 heavy (non-hydrogen) atoms.